The number of anilines is 1. The third-order valence-corrected chi connectivity index (χ3v) is 3.93. The predicted molar refractivity (Wildman–Crippen MR) is 90.0 cm³/mol. The van der Waals surface area contributed by atoms with Crippen LogP contribution in [-0.4, -0.2) is 16.9 Å². The molecule has 0 aliphatic heterocycles. The predicted octanol–water partition coefficient (Wildman–Crippen LogP) is 3.47. The molecule has 1 amide bonds. The van der Waals surface area contributed by atoms with Gasteiger partial charge >= 0.3 is 0 Å². The Labute approximate surface area is 137 Å². The Kier molecular flexibility index (Phi) is 4.32. The van der Waals surface area contributed by atoms with Crippen LogP contribution in [0.1, 0.15) is 5.56 Å². The van der Waals surface area contributed by atoms with Gasteiger partial charge in [-0.25, -0.2) is 4.39 Å². The van der Waals surface area contributed by atoms with Crippen LogP contribution >= 0.6 is 11.6 Å². The highest BCUT2D eigenvalue weighted by atomic mass is 35.5. The minimum atomic E-state index is -0.724. The number of nitrogens with two attached hydrogens (primary N) is 1. The van der Waals surface area contributed by atoms with E-state index in [9.17, 15) is 9.18 Å². The van der Waals surface area contributed by atoms with Crippen LogP contribution in [0.15, 0.2) is 48.7 Å². The number of para-hydroxylation sites is 1. The molecule has 2 aromatic carbocycles. The number of amides is 1. The highest BCUT2D eigenvalue weighted by Crippen LogP contribution is 2.21. The molecule has 0 aliphatic rings. The second kappa shape index (κ2) is 6.40. The van der Waals surface area contributed by atoms with Gasteiger partial charge in [-0.1, -0.05) is 29.8 Å². The third-order valence-electron chi connectivity index (χ3n) is 3.64. The summed E-state index contributed by atoms with van der Waals surface area (Å²) in [6.07, 6.45) is 2.25. The van der Waals surface area contributed by atoms with Crippen LogP contribution in [0.3, 0.4) is 0 Å². The van der Waals surface area contributed by atoms with E-state index in [0.717, 1.165) is 16.5 Å². The summed E-state index contributed by atoms with van der Waals surface area (Å²) in [5, 5.41) is 3.64. The van der Waals surface area contributed by atoms with Crippen molar-refractivity contribution in [2.24, 2.45) is 5.73 Å². The Morgan fingerprint density at radius 2 is 2.09 bits per heavy atom. The van der Waals surface area contributed by atoms with Crippen molar-refractivity contribution in [1.82, 2.24) is 4.98 Å². The molecule has 0 spiro atoms. The Morgan fingerprint density at radius 1 is 1.30 bits per heavy atom. The van der Waals surface area contributed by atoms with Gasteiger partial charge in [-0.15, -0.1) is 0 Å². The molecule has 0 saturated carbocycles. The number of benzene rings is 2. The Hall–Kier alpha value is -2.37. The van der Waals surface area contributed by atoms with Crippen LogP contribution in [0.2, 0.25) is 5.02 Å². The van der Waals surface area contributed by atoms with Crippen molar-refractivity contribution in [3.8, 4) is 0 Å². The zero-order chi connectivity index (χ0) is 16.4. The van der Waals surface area contributed by atoms with Crippen molar-refractivity contribution in [3.63, 3.8) is 0 Å². The highest BCUT2D eigenvalue weighted by molar-refractivity contribution is 6.31. The van der Waals surface area contributed by atoms with Gasteiger partial charge in [0, 0.05) is 22.8 Å². The molecule has 0 bridgehead atoms. The van der Waals surface area contributed by atoms with Crippen molar-refractivity contribution in [2.75, 3.05) is 5.32 Å². The Bertz CT molecular complexity index is 862. The Morgan fingerprint density at radius 3 is 2.87 bits per heavy atom. The van der Waals surface area contributed by atoms with Crippen LogP contribution < -0.4 is 11.1 Å². The van der Waals surface area contributed by atoms with Crippen molar-refractivity contribution in [1.29, 1.82) is 0 Å². The van der Waals surface area contributed by atoms with Gasteiger partial charge in [0.05, 0.1) is 11.1 Å². The van der Waals surface area contributed by atoms with Gasteiger partial charge < -0.3 is 16.0 Å². The largest absolute Gasteiger partial charge is 0.361 e. The lowest BCUT2D eigenvalue weighted by atomic mass is 10.0. The smallest absolute Gasteiger partial charge is 0.241 e. The first-order valence-corrected chi connectivity index (χ1v) is 7.49. The van der Waals surface area contributed by atoms with Crippen LogP contribution in [0.25, 0.3) is 10.9 Å². The molecule has 23 heavy (non-hydrogen) atoms. The standard InChI is InChI=1S/C17H15ClFN3O/c18-13-8-11(5-6-14(13)19)22-17(23)15(20)7-10-9-21-16-4-2-1-3-12(10)16/h1-6,8-9,15,21H,7,20H2,(H,22,23)/t15-/m0/s1. The zero-order valence-corrected chi connectivity index (χ0v) is 12.9. The Balaban J connectivity index is 1.71. The highest BCUT2D eigenvalue weighted by Gasteiger charge is 2.16. The minimum absolute atomic E-state index is 0.0481. The van der Waals surface area contributed by atoms with Gasteiger partial charge in [0.2, 0.25) is 5.91 Å². The monoisotopic (exact) mass is 331 g/mol. The zero-order valence-electron chi connectivity index (χ0n) is 12.1. The lowest BCUT2D eigenvalue weighted by Crippen LogP contribution is -2.37. The molecule has 0 radical (unpaired) electrons. The lowest BCUT2D eigenvalue weighted by molar-refractivity contribution is -0.117. The number of nitrogens with one attached hydrogen (secondary N) is 2. The van der Waals surface area contributed by atoms with E-state index in [1.54, 1.807) is 0 Å². The molecule has 118 valence electrons. The summed E-state index contributed by atoms with van der Waals surface area (Å²) in [5.74, 6) is -0.884. The van der Waals surface area contributed by atoms with Crippen LogP contribution in [-0.2, 0) is 11.2 Å². The number of aromatic nitrogens is 1. The van der Waals surface area contributed by atoms with E-state index < -0.39 is 11.9 Å². The van der Waals surface area contributed by atoms with Crippen LogP contribution in [0.4, 0.5) is 10.1 Å². The number of aromatic amines is 1. The molecule has 4 N–H and O–H groups in total. The lowest BCUT2D eigenvalue weighted by Gasteiger charge is -2.12. The van der Waals surface area contributed by atoms with Crippen molar-refractivity contribution >= 4 is 34.1 Å². The summed E-state index contributed by atoms with van der Waals surface area (Å²) in [4.78, 5) is 15.3. The molecule has 0 fully saturated rings. The molecule has 0 unspecified atom stereocenters. The second-order valence-electron chi connectivity index (χ2n) is 5.29. The fourth-order valence-electron chi connectivity index (χ4n) is 2.44. The summed E-state index contributed by atoms with van der Waals surface area (Å²) in [5.41, 5.74) is 8.37. The van der Waals surface area contributed by atoms with E-state index in [4.69, 9.17) is 17.3 Å². The fraction of sp³-hybridized carbons (Fsp3) is 0.118. The van der Waals surface area contributed by atoms with Gasteiger partial charge in [-0.05, 0) is 36.2 Å². The van der Waals surface area contributed by atoms with E-state index in [0.29, 0.717) is 12.1 Å². The molecular formula is C17H15ClFN3O. The quantitative estimate of drug-likeness (QED) is 0.685. The average Bonchev–Trinajstić information content (AvgIpc) is 2.94. The molecule has 6 heteroatoms. The van der Waals surface area contributed by atoms with Gasteiger partial charge in [0.15, 0.2) is 0 Å². The van der Waals surface area contributed by atoms with Crippen molar-refractivity contribution in [2.45, 2.75) is 12.5 Å². The maximum absolute atomic E-state index is 13.1. The number of fused-ring (bicyclic) bond motifs is 1. The third kappa shape index (κ3) is 3.36. The number of carbonyl (C=O) groups is 1. The van der Waals surface area contributed by atoms with Crippen molar-refractivity contribution in [3.05, 3.63) is 65.1 Å². The number of H-pyrrole nitrogens is 1. The normalized spacial score (nSPS) is 12.3. The van der Waals surface area contributed by atoms with E-state index in [1.165, 1.54) is 18.2 Å². The number of hydrogen-bond donors (Lipinski definition) is 3. The molecule has 1 atom stereocenters. The molecule has 3 rings (SSSR count). The summed E-state index contributed by atoms with van der Waals surface area (Å²) in [7, 11) is 0. The topological polar surface area (TPSA) is 70.9 Å². The van der Waals surface area contributed by atoms with E-state index in [-0.39, 0.29) is 10.9 Å². The molecule has 3 aromatic rings. The van der Waals surface area contributed by atoms with Crippen molar-refractivity contribution < 1.29 is 9.18 Å². The first-order valence-electron chi connectivity index (χ1n) is 7.11. The number of hydrogen-bond acceptors (Lipinski definition) is 2. The maximum Gasteiger partial charge on any atom is 0.241 e. The molecule has 0 aliphatic carbocycles. The first-order chi connectivity index (χ1) is 11.0. The average molecular weight is 332 g/mol. The number of rotatable bonds is 4. The van der Waals surface area contributed by atoms with Gasteiger partial charge in [-0.2, -0.15) is 0 Å². The van der Waals surface area contributed by atoms with Gasteiger partial charge in [0.1, 0.15) is 5.82 Å². The van der Waals surface area contributed by atoms with Gasteiger partial charge in [-0.3, -0.25) is 4.79 Å². The maximum atomic E-state index is 13.1. The van der Waals surface area contributed by atoms with Crippen LogP contribution in [0, 0.1) is 5.82 Å². The van der Waals surface area contributed by atoms with E-state index >= 15 is 0 Å². The van der Waals surface area contributed by atoms with E-state index in [1.807, 2.05) is 30.5 Å². The molecule has 4 nitrogen and oxygen atoms in total. The molecule has 1 heterocycles. The number of carbonyl (C=O) groups excluding carboxylic acids is 1. The SMILES string of the molecule is N[C@@H](Cc1c[nH]c2ccccc12)C(=O)Nc1ccc(F)c(Cl)c1. The summed E-state index contributed by atoms with van der Waals surface area (Å²) < 4.78 is 13.1. The summed E-state index contributed by atoms with van der Waals surface area (Å²) in [6, 6.07) is 11.1. The van der Waals surface area contributed by atoms with E-state index in [2.05, 4.69) is 10.3 Å². The second-order valence-corrected chi connectivity index (χ2v) is 5.70. The van der Waals surface area contributed by atoms with Crippen LogP contribution in [0.5, 0.6) is 0 Å². The first kappa shape index (κ1) is 15.5. The number of halogens is 2. The molecular weight excluding hydrogens is 317 g/mol. The summed E-state index contributed by atoms with van der Waals surface area (Å²) >= 11 is 5.70. The minimum Gasteiger partial charge on any atom is -0.361 e. The molecule has 0 saturated heterocycles. The fourth-order valence-corrected chi connectivity index (χ4v) is 2.62. The molecule has 1 aromatic heterocycles. The summed E-state index contributed by atoms with van der Waals surface area (Å²) in [6.45, 7) is 0. The van der Waals surface area contributed by atoms with Gasteiger partial charge in [0.25, 0.3) is 0 Å².